The Morgan fingerprint density at radius 3 is 3.27 bits per heavy atom. The summed E-state index contributed by atoms with van der Waals surface area (Å²) in [5, 5.41) is 4.72. The van der Waals surface area contributed by atoms with E-state index in [2.05, 4.69) is 21.8 Å². The van der Waals surface area contributed by atoms with Gasteiger partial charge in [-0.25, -0.2) is 0 Å². The lowest BCUT2D eigenvalue weighted by Crippen LogP contribution is -2.20. The van der Waals surface area contributed by atoms with Gasteiger partial charge in [-0.15, -0.1) is 11.8 Å². The maximum absolute atomic E-state index is 9.86. The van der Waals surface area contributed by atoms with Crippen molar-refractivity contribution in [2.75, 3.05) is 19.0 Å². The van der Waals surface area contributed by atoms with E-state index < -0.39 is 0 Å². The number of rotatable bonds is 5. The summed E-state index contributed by atoms with van der Waals surface area (Å²) in [4.78, 5) is 12.1. The van der Waals surface area contributed by atoms with Crippen LogP contribution in [-0.4, -0.2) is 30.3 Å². The minimum Gasteiger partial charge on any atom is -0.367 e. The Kier molecular flexibility index (Phi) is 3.90. The fourth-order valence-electron chi connectivity index (χ4n) is 0.893. The van der Waals surface area contributed by atoms with Crippen molar-refractivity contribution in [2.24, 2.45) is 0 Å². The summed E-state index contributed by atoms with van der Waals surface area (Å²) in [7, 11) is 0. The van der Waals surface area contributed by atoms with E-state index in [0.717, 1.165) is 31.8 Å². The Hall–Kier alpha value is -0.640. The fourth-order valence-corrected chi connectivity index (χ4v) is 1.64. The summed E-state index contributed by atoms with van der Waals surface area (Å²) >= 11 is 1.80. The highest BCUT2D eigenvalue weighted by molar-refractivity contribution is 8.02. The van der Waals surface area contributed by atoms with Gasteiger partial charge in [0.25, 0.3) is 0 Å². The summed E-state index contributed by atoms with van der Waals surface area (Å²) in [6.07, 6.45) is 3.85. The van der Waals surface area contributed by atoms with Gasteiger partial charge in [0, 0.05) is 19.3 Å². The summed E-state index contributed by atoms with van der Waals surface area (Å²) in [6.45, 7) is 1.81. The number of nitrogens with one attached hydrogen (secondary N) is 1. The zero-order valence-corrected chi connectivity index (χ0v) is 7.14. The van der Waals surface area contributed by atoms with Crippen LogP contribution in [0.1, 0.15) is 6.42 Å². The normalized spacial score (nSPS) is 15.5. The second-order valence-electron chi connectivity index (χ2n) is 2.32. The van der Waals surface area contributed by atoms with Crippen molar-refractivity contribution in [3.63, 3.8) is 0 Å². The highest BCUT2D eigenvalue weighted by Gasteiger charge is 2.02. The quantitative estimate of drug-likeness (QED) is 0.487. The summed E-state index contributed by atoms with van der Waals surface area (Å²) < 4.78 is 0. The van der Waals surface area contributed by atoms with Crippen molar-refractivity contribution in [1.29, 1.82) is 0 Å². The van der Waals surface area contributed by atoms with Crippen LogP contribution in [0.25, 0.3) is 0 Å². The average molecular weight is 172 g/mol. The Balaban J connectivity index is 1.94. The lowest BCUT2D eigenvalue weighted by molar-refractivity contribution is -0.109. The summed E-state index contributed by atoms with van der Waals surface area (Å²) in [5.74, 6) is 1.06. The molecular formula is C7H12N2OS. The number of carbonyl (C=O) groups excluding carboxylic acids is 1. The lowest BCUT2D eigenvalue weighted by atomic mass is 10.4. The van der Waals surface area contributed by atoms with Crippen LogP contribution in [0.5, 0.6) is 0 Å². The van der Waals surface area contributed by atoms with Crippen LogP contribution >= 0.6 is 11.8 Å². The molecule has 0 saturated heterocycles. The van der Waals surface area contributed by atoms with Crippen LogP contribution in [0.15, 0.2) is 11.6 Å². The lowest BCUT2D eigenvalue weighted by Gasteiger charge is -2.13. The van der Waals surface area contributed by atoms with Crippen molar-refractivity contribution in [3.8, 4) is 0 Å². The molecule has 0 spiro atoms. The van der Waals surface area contributed by atoms with Crippen LogP contribution in [0, 0.1) is 0 Å². The molecule has 0 radical (unpaired) electrons. The first kappa shape index (κ1) is 8.46. The average Bonchev–Trinajstić information content (AvgIpc) is 2.50. The second-order valence-corrected chi connectivity index (χ2v) is 3.18. The van der Waals surface area contributed by atoms with Gasteiger partial charge < -0.3 is 10.2 Å². The Morgan fingerprint density at radius 1 is 1.73 bits per heavy atom. The van der Waals surface area contributed by atoms with Gasteiger partial charge in [0.05, 0.1) is 5.88 Å². The topological polar surface area (TPSA) is 32.3 Å². The van der Waals surface area contributed by atoms with Gasteiger partial charge in [-0.2, -0.15) is 0 Å². The molecule has 0 atom stereocenters. The van der Waals surface area contributed by atoms with Crippen molar-refractivity contribution in [3.05, 3.63) is 11.6 Å². The number of nitrogens with zero attached hydrogens (tertiary/aromatic N) is 1. The van der Waals surface area contributed by atoms with Gasteiger partial charge in [-0.1, -0.05) is 0 Å². The van der Waals surface area contributed by atoms with Gasteiger partial charge in [0.1, 0.15) is 0 Å². The smallest absolute Gasteiger partial charge is 0.207 e. The van der Waals surface area contributed by atoms with E-state index >= 15 is 0 Å². The summed E-state index contributed by atoms with van der Waals surface area (Å²) in [5.41, 5.74) is 0. The SMILES string of the molecule is O=CNCCCN1C=CSC1. The first-order valence-corrected chi connectivity index (χ1v) is 4.68. The third kappa shape index (κ3) is 3.32. The molecule has 0 bridgehead atoms. The van der Waals surface area contributed by atoms with Crippen molar-refractivity contribution < 1.29 is 4.79 Å². The zero-order valence-electron chi connectivity index (χ0n) is 6.32. The molecule has 1 heterocycles. The molecule has 3 nitrogen and oxygen atoms in total. The maximum atomic E-state index is 9.86. The minimum absolute atomic E-state index is 0.745. The van der Waals surface area contributed by atoms with Gasteiger partial charge in [-0.3, -0.25) is 4.79 Å². The van der Waals surface area contributed by atoms with Gasteiger partial charge >= 0.3 is 0 Å². The second kappa shape index (κ2) is 5.07. The molecule has 0 aromatic carbocycles. The molecule has 0 unspecified atom stereocenters. The molecule has 62 valence electrons. The van der Waals surface area contributed by atoms with E-state index in [1.807, 2.05) is 0 Å². The highest BCUT2D eigenvalue weighted by Crippen LogP contribution is 2.14. The first-order valence-electron chi connectivity index (χ1n) is 3.63. The predicted octanol–water partition coefficient (Wildman–Crippen LogP) is 0.600. The molecule has 1 amide bonds. The predicted molar refractivity (Wildman–Crippen MR) is 47.0 cm³/mol. The van der Waals surface area contributed by atoms with Crippen LogP contribution < -0.4 is 5.32 Å². The van der Waals surface area contributed by atoms with E-state index in [0.29, 0.717) is 0 Å². The van der Waals surface area contributed by atoms with Gasteiger partial charge in [0.2, 0.25) is 6.41 Å². The standard InChI is InChI=1S/C7H12N2OS/c10-6-8-2-1-3-9-4-5-11-7-9/h4-6H,1-3,7H2,(H,8,10). The van der Waals surface area contributed by atoms with Crippen molar-refractivity contribution in [2.45, 2.75) is 6.42 Å². The van der Waals surface area contributed by atoms with E-state index in [1.54, 1.807) is 11.8 Å². The number of carbonyl (C=O) groups is 1. The van der Waals surface area contributed by atoms with Crippen LogP contribution in [0.2, 0.25) is 0 Å². The molecular weight excluding hydrogens is 160 g/mol. The first-order chi connectivity index (χ1) is 5.43. The van der Waals surface area contributed by atoms with Crippen LogP contribution in [0.3, 0.4) is 0 Å². The molecule has 1 rings (SSSR count). The Morgan fingerprint density at radius 2 is 2.64 bits per heavy atom. The Bertz CT molecular complexity index is 149. The van der Waals surface area contributed by atoms with Crippen molar-refractivity contribution in [1.82, 2.24) is 10.2 Å². The third-order valence-corrected chi connectivity index (χ3v) is 2.25. The third-order valence-electron chi connectivity index (χ3n) is 1.46. The molecule has 0 fully saturated rings. The number of amides is 1. The number of thioether (sulfide) groups is 1. The van der Waals surface area contributed by atoms with E-state index in [4.69, 9.17) is 0 Å². The van der Waals surface area contributed by atoms with Gasteiger partial charge in [0.15, 0.2) is 0 Å². The van der Waals surface area contributed by atoms with E-state index in [1.165, 1.54) is 0 Å². The fraction of sp³-hybridized carbons (Fsp3) is 0.571. The Labute approximate surface area is 70.8 Å². The van der Waals surface area contributed by atoms with Crippen molar-refractivity contribution >= 4 is 18.2 Å². The maximum Gasteiger partial charge on any atom is 0.207 e. The highest BCUT2D eigenvalue weighted by atomic mass is 32.2. The van der Waals surface area contributed by atoms with Crippen LogP contribution in [-0.2, 0) is 4.79 Å². The molecule has 0 aromatic rings. The monoisotopic (exact) mass is 172 g/mol. The largest absolute Gasteiger partial charge is 0.367 e. The van der Waals surface area contributed by atoms with Gasteiger partial charge in [-0.05, 0) is 11.8 Å². The number of hydrogen-bond donors (Lipinski definition) is 1. The molecule has 11 heavy (non-hydrogen) atoms. The number of hydrogen-bond acceptors (Lipinski definition) is 3. The molecule has 1 aliphatic rings. The zero-order chi connectivity index (χ0) is 7.94. The summed E-state index contributed by atoms with van der Waals surface area (Å²) in [6, 6.07) is 0. The molecule has 1 aliphatic heterocycles. The molecule has 1 N–H and O–H groups in total. The minimum atomic E-state index is 0.745. The van der Waals surface area contributed by atoms with Crippen LogP contribution in [0.4, 0.5) is 0 Å². The molecule has 0 aliphatic carbocycles. The molecule has 0 aromatic heterocycles. The van der Waals surface area contributed by atoms with E-state index in [9.17, 15) is 4.79 Å². The molecule has 0 saturated carbocycles. The van der Waals surface area contributed by atoms with E-state index in [-0.39, 0.29) is 0 Å². The molecule has 4 heteroatoms.